The average molecular weight is 465 g/mol. The average Bonchev–Trinajstić information content (AvgIpc) is 3.35. The molecule has 7 nitrogen and oxygen atoms in total. The van der Waals surface area contributed by atoms with E-state index in [-0.39, 0.29) is 35.9 Å². The number of sulfonamides is 1. The largest absolute Gasteiger partial charge is 0.377 e. The molecule has 2 heterocycles. The van der Waals surface area contributed by atoms with Crippen molar-refractivity contribution in [2.45, 2.75) is 30.3 Å². The van der Waals surface area contributed by atoms with E-state index in [1.807, 2.05) is 24.3 Å². The Balaban J connectivity index is 1.27. The molecule has 8 heteroatoms. The van der Waals surface area contributed by atoms with Gasteiger partial charge in [0.05, 0.1) is 11.0 Å². The molecule has 0 saturated carbocycles. The summed E-state index contributed by atoms with van der Waals surface area (Å²) in [4.78, 5) is 27.5. The zero-order valence-electron chi connectivity index (χ0n) is 18.0. The van der Waals surface area contributed by atoms with Crippen molar-refractivity contribution in [3.05, 3.63) is 77.4 Å². The zero-order chi connectivity index (χ0) is 23.0. The molecule has 2 aliphatic rings. The van der Waals surface area contributed by atoms with E-state index in [2.05, 4.69) is 4.72 Å². The third kappa shape index (κ3) is 4.17. The van der Waals surface area contributed by atoms with Crippen LogP contribution in [-0.4, -0.2) is 50.9 Å². The van der Waals surface area contributed by atoms with Crippen LogP contribution in [0, 0.1) is 0 Å². The number of nitrogens with zero attached hydrogens (tertiary/aromatic N) is 1. The molecular weight excluding hydrogens is 440 g/mol. The van der Waals surface area contributed by atoms with Gasteiger partial charge in [0.25, 0.3) is 11.8 Å². The highest BCUT2D eigenvalue weighted by atomic mass is 32.2. The molecule has 0 spiro atoms. The van der Waals surface area contributed by atoms with Crippen LogP contribution >= 0.6 is 0 Å². The lowest BCUT2D eigenvalue weighted by molar-refractivity contribution is 0.0612. The molecule has 1 atom stereocenters. The Labute approximate surface area is 192 Å². The Morgan fingerprint density at radius 2 is 1.61 bits per heavy atom. The third-order valence-electron chi connectivity index (χ3n) is 6.24. The van der Waals surface area contributed by atoms with Gasteiger partial charge in [0, 0.05) is 36.2 Å². The summed E-state index contributed by atoms with van der Waals surface area (Å²) < 4.78 is 33.1. The van der Waals surface area contributed by atoms with E-state index >= 15 is 0 Å². The van der Waals surface area contributed by atoms with Gasteiger partial charge in [-0.1, -0.05) is 36.4 Å². The van der Waals surface area contributed by atoms with Crippen molar-refractivity contribution < 1.29 is 22.7 Å². The van der Waals surface area contributed by atoms with E-state index in [4.69, 9.17) is 4.74 Å². The molecule has 0 aromatic heterocycles. The molecule has 1 N–H and O–H groups in total. The molecule has 1 saturated heterocycles. The van der Waals surface area contributed by atoms with Gasteiger partial charge < -0.3 is 4.74 Å². The molecule has 3 aromatic carbocycles. The number of imide groups is 1. The first-order valence-electron chi connectivity index (χ1n) is 11.0. The summed E-state index contributed by atoms with van der Waals surface area (Å²) in [5.74, 6) is -0.608. The summed E-state index contributed by atoms with van der Waals surface area (Å²) in [6, 6.07) is 17.4. The lowest BCUT2D eigenvalue weighted by Gasteiger charge is -2.27. The molecule has 0 bridgehead atoms. The van der Waals surface area contributed by atoms with Crippen molar-refractivity contribution in [3.63, 3.8) is 0 Å². The van der Waals surface area contributed by atoms with Crippen molar-refractivity contribution >= 4 is 32.6 Å². The number of carbonyl (C=O) groups is 2. The highest BCUT2D eigenvalue weighted by molar-refractivity contribution is 7.89. The third-order valence-corrected chi connectivity index (χ3v) is 7.68. The number of carbonyl (C=O) groups excluding carboxylic acids is 2. The maximum atomic E-state index is 13.0. The maximum Gasteiger partial charge on any atom is 0.261 e. The fraction of sp³-hybridized carbons (Fsp3) is 0.280. The van der Waals surface area contributed by atoms with Crippen LogP contribution in [0.2, 0.25) is 0 Å². The summed E-state index contributed by atoms with van der Waals surface area (Å²) in [7, 11) is -3.62. The molecule has 33 heavy (non-hydrogen) atoms. The minimum atomic E-state index is -3.62. The molecule has 3 aromatic rings. The van der Waals surface area contributed by atoms with Crippen LogP contribution < -0.4 is 4.72 Å². The zero-order valence-corrected chi connectivity index (χ0v) is 18.8. The van der Waals surface area contributed by atoms with Gasteiger partial charge in [0.2, 0.25) is 10.0 Å². The Kier molecular flexibility index (Phi) is 5.74. The molecule has 5 rings (SSSR count). The number of amides is 2. The van der Waals surface area contributed by atoms with Gasteiger partial charge in [-0.2, -0.15) is 0 Å². The van der Waals surface area contributed by atoms with Crippen LogP contribution in [-0.2, 0) is 21.2 Å². The van der Waals surface area contributed by atoms with Crippen molar-refractivity contribution in [2.24, 2.45) is 0 Å². The minimum absolute atomic E-state index is 0.0744. The number of benzene rings is 3. The van der Waals surface area contributed by atoms with Crippen LogP contribution in [0.15, 0.2) is 65.6 Å². The number of hydrogen-bond donors (Lipinski definition) is 1. The first kappa shape index (κ1) is 21.8. The van der Waals surface area contributed by atoms with E-state index < -0.39 is 10.0 Å². The Hall–Kier alpha value is -3.07. The van der Waals surface area contributed by atoms with Gasteiger partial charge in [-0.25, -0.2) is 13.1 Å². The van der Waals surface area contributed by atoms with E-state index in [0.717, 1.165) is 23.8 Å². The monoisotopic (exact) mass is 464 g/mol. The first-order chi connectivity index (χ1) is 15.9. The SMILES string of the molecule is O=C1c2cccc3cccc(c23)C(=O)N1CCc1ccc(S(=O)(=O)NCC2CCCO2)cc1. The van der Waals surface area contributed by atoms with Gasteiger partial charge >= 0.3 is 0 Å². The predicted molar refractivity (Wildman–Crippen MR) is 124 cm³/mol. The Morgan fingerprint density at radius 1 is 0.939 bits per heavy atom. The van der Waals surface area contributed by atoms with Crippen LogP contribution in [0.1, 0.15) is 39.1 Å². The highest BCUT2D eigenvalue weighted by Gasteiger charge is 2.32. The van der Waals surface area contributed by atoms with Gasteiger partial charge in [0.15, 0.2) is 0 Å². The maximum absolute atomic E-state index is 13.0. The molecule has 1 unspecified atom stereocenters. The highest BCUT2D eigenvalue weighted by Crippen LogP contribution is 2.30. The number of ether oxygens (including phenoxy) is 1. The summed E-state index contributed by atoms with van der Waals surface area (Å²) in [5, 5.41) is 1.58. The second-order valence-electron chi connectivity index (χ2n) is 8.35. The Bertz CT molecular complexity index is 1280. The number of rotatable bonds is 7. The molecule has 0 aliphatic carbocycles. The summed E-state index contributed by atoms with van der Waals surface area (Å²) in [6.07, 6.45) is 2.16. The van der Waals surface area contributed by atoms with Gasteiger partial charge in [-0.05, 0) is 54.5 Å². The quantitative estimate of drug-likeness (QED) is 0.543. The molecular formula is C25H24N2O5S. The number of hydrogen-bond acceptors (Lipinski definition) is 5. The van der Waals surface area contributed by atoms with Crippen LogP contribution in [0.25, 0.3) is 10.8 Å². The van der Waals surface area contributed by atoms with Gasteiger partial charge in [0.1, 0.15) is 0 Å². The second kappa shape index (κ2) is 8.70. The fourth-order valence-corrected chi connectivity index (χ4v) is 5.52. The van der Waals surface area contributed by atoms with Crippen LogP contribution in [0.3, 0.4) is 0 Å². The van der Waals surface area contributed by atoms with Gasteiger partial charge in [-0.15, -0.1) is 0 Å². The Morgan fingerprint density at radius 3 is 2.21 bits per heavy atom. The van der Waals surface area contributed by atoms with E-state index in [1.54, 1.807) is 36.4 Å². The van der Waals surface area contributed by atoms with E-state index in [0.29, 0.717) is 29.5 Å². The normalized spacial score (nSPS) is 18.3. The van der Waals surface area contributed by atoms with Crippen LogP contribution in [0.4, 0.5) is 0 Å². The summed E-state index contributed by atoms with van der Waals surface area (Å²) >= 11 is 0. The molecule has 2 amide bonds. The molecule has 2 aliphatic heterocycles. The topological polar surface area (TPSA) is 92.8 Å². The first-order valence-corrected chi connectivity index (χ1v) is 12.5. The molecule has 170 valence electrons. The lowest BCUT2D eigenvalue weighted by atomic mass is 9.94. The van der Waals surface area contributed by atoms with Gasteiger partial charge in [-0.3, -0.25) is 14.5 Å². The summed E-state index contributed by atoms with van der Waals surface area (Å²) in [5.41, 5.74) is 1.90. The second-order valence-corrected chi connectivity index (χ2v) is 10.1. The fourth-order valence-electron chi connectivity index (χ4n) is 4.45. The van der Waals surface area contributed by atoms with Crippen molar-refractivity contribution in [3.8, 4) is 0 Å². The van der Waals surface area contributed by atoms with Crippen molar-refractivity contribution in [1.82, 2.24) is 9.62 Å². The van der Waals surface area contributed by atoms with E-state index in [9.17, 15) is 18.0 Å². The predicted octanol–water partition coefficient (Wildman–Crippen LogP) is 3.14. The molecule has 0 radical (unpaired) electrons. The lowest BCUT2D eigenvalue weighted by Crippen LogP contribution is -2.41. The van der Waals surface area contributed by atoms with E-state index in [1.165, 1.54) is 4.90 Å². The minimum Gasteiger partial charge on any atom is -0.377 e. The number of nitrogens with one attached hydrogen (secondary N) is 1. The summed E-state index contributed by atoms with van der Waals surface area (Å²) in [6.45, 7) is 1.15. The van der Waals surface area contributed by atoms with Crippen molar-refractivity contribution in [1.29, 1.82) is 0 Å². The standard InChI is InChI=1S/C25H24N2O5S/c28-24-21-7-1-4-18-5-2-8-22(23(18)21)25(29)27(24)14-13-17-9-11-20(12-10-17)33(30,31)26-16-19-6-3-15-32-19/h1-2,4-5,7-12,19,26H,3,6,13-16H2. The smallest absolute Gasteiger partial charge is 0.261 e. The van der Waals surface area contributed by atoms with Crippen molar-refractivity contribution in [2.75, 3.05) is 19.7 Å². The van der Waals surface area contributed by atoms with Crippen LogP contribution in [0.5, 0.6) is 0 Å². The molecule has 1 fully saturated rings.